The van der Waals surface area contributed by atoms with E-state index in [-0.39, 0.29) is 5.91 Å². The smallest absolute Gasteiger partial charge is 0.230 e. The Balaban J connectivity index is 2.11. The third kappa shape index (κ3) is 6.58. The third-order valence-corrected chi connectivity index (χ3v) is 5.16. The number of nitrogens with one attached hydrogen (secondary N) is 1. The molecule has 0 heterocycles. The van der Waals surface area contributed by atoms with E-state index >= 15 is 0 Å². The summed E-state index contributed by atoms with van der Waals surface area (Å²) in [6.07, 6.45) is 7.07. The average molecular weight is 277 g/mol. The molecule has 0 saturated heterocycles. The van der Waals surface area contributed by atoms with Gasteiger partial charge in [-0.3, -0.25) is 4.79 Å². The van der Waals surface area contributed by atoms with Gasteiger partial charge in [0.15, 0.2) is 0 Å². The van der Waals surface area contributed by atoms with E-state index < -0.39 is 5.60 Å². The van der Waals surface area contributed by atoms with Crippen molar-refractivity contribution in [3.8, 4) is 0 Å². The highest BCUT2D eigenvalue weighted by Gasteiger charge is 2.21. The average Bonchev–Trinajstić information content (AvgIpc) is 2.76. The summed E-state index contributed by atoms with van der Waals surface area (Å²) in [6.45, 7) is 2.10. The Bertz CT molecular complexity index is 241. The minimum atomic E-state index is -0.799. The number of carbonyl (C=O) groups is 1. The van der Waals surface area contributed by atoms with Crippen LogP contribution in [0, 0.1) is 0 Å². The van der Waals surface area contributed by atoms with Crippen molar-refractivity contribution < 1.29 is 9.90 Å². The Kier molecular flexibility index (Phi) is 6.74. The second-order valence-corrected chi connectivity index (χ2v) is 7.08. The molecule has 0 aromatic rings. The highest BCUT2D eigenvalue weighted by molar-refractivity contribution is 8.00. The van der Waals surface area contributed by atoms with Crippen LogP contribution in [0.25, 0.3) is 0 Å². The summed E-state index contributed by atoms with van der Waals surface area (Å²) in [5.74, 6) is 1.21. The largest absolute Gasteiger partial charge is 0.387 e. The van der Waals surface area contributed by atoms with Gasteiger partial charge >= 0.3 is 0 Å². The first-order valence-electron chi connectivity index (χ1n) is 6.13. The summed E-state index contributed by atoms with van der Waals surface area (Å²) < 4.78 is 0. The lowest BCUT2D eigenvalue weighted by Gasteiger charge is -2.22. The van der Waals surface area contributed by atoms with E-state index in [4.69, 9.17) is 0 Å². The minimum Gasteiger partial charge on any atom is -0.387 e. The quantitative estimate of drug-likeness (QED) is 0.746. The van der Waals surface area contributed by atoms with E-state index in [2.05, 4.69) is 5.32 Å². The molecule has 1 aliphatic carbocycles. The predicted octanol–water partition coefficient (Wildman–Crippen LogP) is 1.89. The molecule has 0 aromatic heterocycles. The second kappa shape index (κ2) is 7.54. The Morgan fingerprint density at radius 1 is 1.47 bits per heavy atom. The van der Waals surface area contributed by atoms with Crippen molar-refractivity contribution in [2.75, 3.05) is 24.3 Å². The molecule has 3 nitrogen and oxygen atoms in total. The molecule has 2 N–H and O–H groups in total. The molecule has 0 spiro atoms. The zero-order valence-electron chi connectivity index (χ0n) is 10.7. The lowest BCUT2D eigenvalue weighted by Crippen LogP contribution is -2.43. The SMILES string of the molecule is CSC[C@@](C)(O)CNC(=O)CSC1CCCC1. The lowest BCUT2D eigenvalue weighted by atomic mass is 10.1. The highest BCUT2D eigenvalue weighted by atomic mass is 32.2. The van der Waals surface area contributed by atoms with Gasteiger partial charge in [0, 0.05) is 17.5 Å². The topological polar surface area (TPSA) is 49.3 Å². The number of carbonyl (C=O) groups excluding carboxylic acids is 1. The molecule has 1 amide bonds. The van der Waals surface area contributed by atoms with Crippen LogP contribution in [0.4, 0.5) is 0 Å². The van der Waals surface area contributed by atoms with Gasteiger partial charge in [0.1, 0.15) is 0 Å². The Morgan fingerprint density at radius 2 is 2.12 bits per heavy atom. The lowest BCUT2D eigenvalue weighted by molar-refractivity contribution is -0.119. The van der Waals surface area contributed by atoms with Crippen LogP contribution in [-0.2, 0) is 4.79 Å². The number of aliphatic hydroxyl groups is 1. The molecule has 0 aromatic carbocycles. The molecule has 17 heavy (non-hydrogen) atoms. The molecule has 1 atom stereocenters. The molecule has 1 fully saturated rings. The van der Waals surface area contributed by atoms with Gasteiger partial charge < -0.3 is 10.4 Å². The maximum atomic E-state index is 11.6. The van der Waals surface area contributed by atoms with Crippen molar-refractivity contribution >= 4 is 29.4 Å². The number of hydrogen-bond donors (Lipinski definition) is 2. The van der Waals surface area contributed by atoms with Crippen LogP contribution in [-0.4, -0.2) is 46.2 Å². The minimum absolute atomic E-state index is 0.0447. The Hall–Kier alpha value is 0.130. The van der Waals surface area contributed by atoms with E-state index in [0.29, 0.717) is 23.3 Å². The number of rotatable bonds is 7. The molecule has 100 valence electrons. The second-order valence-electron chi connectivity index (χ2n) is 4.92. The monoisotopic (exact) mass is 277 g/mol. The van der Waals surface area contributed by atoms with Crippen LogP contribution < -0.4 is 5.32 Å². The number of hydrogen-bond acceptors (Lipinski definition) is 4. The Labute approximate surface area is 112 Å². The maximum absolute atomic E-state index is 11.6. The fourth-order valence-electron chi connectivity index (χ4n) is 1.95. The van der Waals surface area contributed by atoms with E-state index in [1.54, 1.807) is 30.4 Å². The van der Waals surface area contributed by atoms with Crippen LogP contribution >= 0.6 is 23.5 Å². The molecule has 5 heteroatoms. The molecule has 1 saturated carbocycles. The summed E-state index contributed by atoms with van der Waals surface area (Å²) in [5, 5.41) is 13.4. The first kappa shape index (κ1) is 15.2. The van der Waals surface area contributed by atoms with Crippen molar-refractivity contribution in [3.05, 3.63) is 0 Å². The van der Waals surface area contributed by atoms with Crippen LogP contribution in [0.3, 0.4) is 0 Å². The molecular formula is C12H23NO2S2. The first-order valence-corrected chi connectivity index (χ1v) is 8.57. The molecule has 0 radical (unpaired) electrons. The van der Waals surface area contributed by atoms with Crippen molar-refractivity contribution in [2.45, 2.75) is 43.5 Å². The molecule has 0 bridgehead atoms. The van der Waals surface area contributed by atoms with Gasteiger partial charge in [-0.2, -0.15) is 11.8 Å². The summed E-state index contributed by atoms with van der Waals surface area (Å²) in [5.41, 5.74) is -0.799. The fourth-order valence-corrected chi connectivity index (χ4v) is 3.83. The summed E-state index contributed by atoms with van der Waals surface area (Å²) in [6, 6.07) is 0. The van der Waals surface area contributed by atoms with Gasteiger partial charge in [-0.15, -0.1) is 11.8 Å². The van der Waals surface area contributed by atoms with Crippen LogP contribution in [0.2, 0.25) is 0 Å². The fraction of sp³-hybridized carbons (Fsp3) is 0.917. The summed E-state index contributed by atoms with van der Waals surface area (Å²) in [7, 11) is 0. The van der Waals surface area contributed by atoms with Crippen molar-refractivity contribution in [1.29, 1.82) is 0 Å². The third-order valence-electron chi connectivity index (χ3n) is 2.87. The zero-order chi connectivity index (χ0) is 12.7. The Morgan fingerprint density at radius 3 is 2.71 bits per heavy atom. The number of thioether (sulfide) groups is 2. The molecule has 1 aliphatic rings. The van der Waals surface area contributed by atoms with Gasteiger partial charge in [-0.25, -0.2) is 0 Å². The summed E-state index contributed by atoms with van der Waals surface area (Å²) >= 11 is 3.34. The van der Waals surface area contributed by atoms with Gasteiger partial charge in [0.05, 0.1) is 11.4 Å². The molecule has 1 rings (SSSR count). The summed E-state index contributed by atoms with van der Waals surface area (Å²) in [4.78, 5) is 11.6. The standard InChI is InChI=1S/C12H23NO2S2/c1-12(15,9-16-2)8-13-11(14)7-17-10-5-3-4-6-10/h10,15H,3-9H2,1-2H3,(H,13,14)/t12-/m0/s1. The van der Waals surface area contributed by atoms with Crippen LogP contribution in [0.1, 0.15) is 32.6 Å². The zero-order valence-corrected chi connectivity index (χ0v) is 12.3. The van der Waals surface area contributed by atoms with Crippen molar-refractivity contribution in [1.82, 2.24) is 5.32 Å². The molecular weight excluding hydrogens is 254 g/mol. The van der Waals surface area contributed by atoms with Gasteiger partial charge in [-0.05, 0) is 26.0 Å². The van der Waals surface area contributed by atoms with E-state index in [1.165, 1.54) is 25.7 Å². The van der Waals surface area contributed by atoms with Gasteiger partial charge in [0.2, 0.25) is 5.91 Å². The normalized spacial score (nSPS) is 20.2. The predicted molar refractivity (Wildman–Crippen MR) is 76.7 cm³/mol. The van der Waals surface area contributed by atoms with E-state index in [9.17, 15) is 9.90 Å². The van der Waals surface area contributed by atoms with Gasteiger partial charge in [-0.1, -0.05) is 12.8 Å². The van der Waals surface area contributed by atoms with Gasteiger partial charge in [0.25, 0.3) is 0 Å². The van der Waals surface area contributed by atoms with E-state index in [1.807, 2.05) is 6.26 Å². The van der Waals surface area contributed by atoms with Crippen molar-refractivity contribution in [2.24, 2.45) is 0 Å². The van der Waals surface area contributed by atoms with Crippen LogP contribution in [0.15, 0.2) is 0 Å². The van der Waals surface area contributed by atoms with Crippen molar-refractivity contribution in [3.63, 3.8) is 0 Å². The molecule has 0 aliphatic heterocycles. The number of amides is 1. The van der Waals surface area contributed by atoms with Crippen LogP contribution in [0.5, 0.6) is 0 Å². The maximum Gasteiger partial charge on any atom is 0.230 e. The molecule has 0 unspecified atom stereocenters. The van der Waals surface area contributed by atoms with E-state index in [0.717, 1.165) is 0 Å². The highest BCUT2D eigenvalue weighted by Crippen LogP contribution is 2.29. The first-order chi connectivity index (χ1) is 8.03.